The van der Waals surface area contributed by atoms with Crippen molar-refractivity contribution in [3.05, 3.63) is 59.7 Å². The van der Waals surface area contributed by atoms with Crippen molar-refractivity contribution >= 4 is 23.6 Å². The lowest BCUT2D eigenvalue weighted by molar-refractivity contribution is -0.127. The first-order valence-corrected chi connectivity index (χ1v) is 8.10. The summed E-state index contributed by atoms with van der Waals surface area (Å²) in [6.45, 7) is 0.270. The summed E-state index contributed by atoms with van der Waals surface area (Å²) in [4.78, 5) is 24.2. The summed E-state index contributed by atoms with van der Waals surface area (Å²) >= 11 is 1.59. The van der Waals surface area contributed by atoms with E-state index in [0.29, 0.717) is 5.75 Å². The van der Waals surface area contributed by atoms with Gasteiger partial charge in [-0.3, -0.25) is 4.79 Å². The van der Waals surface area contributed by atoms with Crippen molar-refractivity contribution in [1.82, 2.24) is 5.32 Å². The maximum Gasteiger partial charge on any atom is 0.335 e. The van der Waals surface area contributed by atoms with Gasteiger partial charge in [-0.05, 0) is 29.8 Å². The minimum atomic E-state index is -0.984. The third-order valence-corrected chi connectivity index (χ3v) is 4.56. The first kappa shape index (κ1) is 15.4. The Hall–Kier alpha value is -2.47. The minimum Gasteiger partial charge on any atom is -0.479 e. The number of carbonyl (C=O) groups excluding carboxylic acids is 1. The lowest BCUT2D eigenvalue weighted by Gasteiger charge is -2.24. The van der Waals surface area contributed by atoms with E-state index in [-0.39, 0.29) is 18.0 Å². The second-order valence-electron chi connectivity index (χ2n) is 5.09. The highest BCUT2D eigenvalue weighted by Crippen LogP contribution is 2.34. The number of ether oxygens (including phenoxy) is 1. The highest BCUT2D eigenvalue weighted by Gasteiger charge is 2.26. The highest BCUT2D eigenvalue weighted by atomic mass is 32.2. The molecule has 0 spiro atoms. The Balaban J connectivity index is 1.60. The van der Waals surface area contributed by atoms with Crippen LogP contribution in [0.25, 0.3) is 0 Å². The maximum absolute atomic E-state index is 12.2. The maximum atomic E-state index is 12.2. The van der Waals surface area contributed by atoms with Crippen LogP contribution in [0.4, 0.5) is 0 Å². The number of aromatic carboxylic acids is 1. The molecular formula is C17H15NO4S. The summed E-state index contributed by atoms with van der Waals surface area (Å²) in [5.74, 6) is 0.0872. The summed E-state index contributed by atoms with van der Waals surface area (Å²) in [6.07, 6.45) is -0.544. The van der Waals surface area contributed by atoms with Gasteiger partial charge in [0.05, 0.1) is 5.56 Å². The Bertz CT molecular complexity index is 747. The molecule has 2 aromatic carbocycles. The van der Waals surface area contributed by atoms with E-state index in [1.54, 1.807) is 30.0 Å². The molecule has 6 heteroatoms. The molecular weight excluding hydrogens is 314 g/mol. The molecule has 0 fully saturated rings. The van der Waals surface area contributed by atoms with E-state index in [9.17, 15) is 9.59 Å². The second-order valence-corrected chi connectivity index (χ2v) is 6.15. The van der Waals surface area contributed by atoms with Gasteiger partial charge in [0.1, 0.15) is 5.75 Å². The van der Waals surface area contributed by atoms with Crippen molar-refractivity contribution in [2.24, 2.45) is 0 Å². The minimum absolute atomic E-state index is 0.201. The van der Waals surface area contributed by atoms with Crippen LogP contribution in [-0.2, 0) is 11.3 Å². The molecule has 0 saturated heterocycles. The van der Waals surface area contributed by atoms with E-state index in [2.05, 4.69) is 5.32 Å². The molecule has 1 atom stereocenters. The second kappa shape index (κ2) is 6.75. The SMILES string of the molecule is O=C(O)c1cccc(CNC(=O)[C@H]2CSc3ccccc3O2)c1. The Morgan fingerprint density at radius 3 is 2.87 bits per heavy atom. The van der Waals surface area contributed by atoms with E-state index >= 15 is 0 Å². The zero-order chi connectivity index (χ0) is 16.2. The quantitative estimate of drug-likeness (QED) is 0.901. The number of hydrogen-bond donors (Lipinski definition) is 2. The smallest absolute Gasteiger partial charge is 0.335 e. The summed E-state index contributed by atoms with van der Waals surface area (Å²) in [6, 6.07) is 14.1. The first-order valence-electron chi connectivity index (χ1n) is 7.12. The number of nitrogens with one attached hydrogen (secondary N) is 1. The van der Waals surface area contributed by atoms with Crippen LogP contribution in [0.2, 0.25) is 0 Å². The Morgan fingerprint density at radius 1 is 1.22 bits per heavy atom. The average molecular weight is 329 g/mol. The van der Waals surface area contributed by atoms with E-state index < -0.39 is 12.1 Å². The number of rotatable bonds is 4. The molecule has 1 aliphatic rings. The van der Waals surface area contributed by atoms with Crippen LogP contribution < -0.4 is 10.1 Å². The number of hydrogen-bond acceptors (Lipinski definition) is 4. The molecule has 2 aromatic rings. The zero-order valence-corrected chi connectivity index (χ0v) is 13.0. The number of carboxylic acid groups (broad SMARTS) is 1. The lowest BCUT2D eigenvalue weighted by Crippen LogP contribution is -2.41. The number of amides is 1. The van der Waals surface area contributed by atoms with Crippen molar-refractivity contribution in [2.75, 3.05) is 5.75 Å². The van der Waals surface area contributed by atoms with Gasteiger partial charge in [0.25, 0.3) is 5.91 Å². The summed E-state index contributed by atoms with van der Waals surface area (Å²) < 4.78 is 5.72. The monoisotopic (exact) mass is 329 g/mol. The van der Waals surface area contributed by atoms with E-state index in [1.165, 1.54) is 6.07 Å². The Morgan fingerprint density at radius 2 is 2.04 bits per heavy atom. The topological polar surface area (TPSA) is 75.6 Å². The van der Waals surface area contributed by atoms with E-state index in [4.69, 9.17) is 9.84 Å². The molecule has 118 valence electrons. The standard InChI is InChI=1S/C17H15NO4S/c19-16(14-10-23-15-7-2-1-6-13(15)22-14)18-9-11-4-3-5-12(8-11)17(20)21/h1-8,14H,9-10H2,(H,18,19)(H,20,21)/t14-/m1/s1. The van der Waals surface area contributed by atoms with Crippen LogP contribution in [-0.4, -0.2) is 28.8 Å². The Labute approximate surface area is 137 Å². The number of benzene rings is 2. The molecule has 1 heterocycles. The van der Waals surface area contributed by atoms with Crippen LogP contribution in [0.1, 0.15) is 15.9 Å². The molecule has 0 unspecified atom stereocenters. The van der Waals surface area contributed by atoms with Crippen molar-refractivity contribution in [3.63, 3.8) is 0 Å². The first-order chi connectivity index (χ1) is 11.1. The van der Waals surface area contributed by atoms with Gasteiger partial charge in [-0.1, -0.05) is 24.3 Å². The van der Waals surface area contributed by atoms with E-state index in [1.807, 2.05) is 24.3 Å². The summed E-state index contributed by atoms with van der Waals surface area (Å²) in [7, 11) is 0. The van der Waals surface area contributed by atoms with Gasteiger partial charge >= 0.3 is 5.97 Å². The molecule has 0 saturated carbocycles. The van der Waals surface area contributed by atoms with Crippen molar-refractivity contribution in [1.29, 1.82) is 0 Å². The van der Waals surface area contributed by atoms with Crippen LogP contribution in [0.3, 0.4) is 0 Å². The predicted molar refractivity (Wildman–Crippen MR) is 86.8 cm³/mol. The molecule has 0 radical (unpaired) electrons. The molecule has 23 heavy (non-hydrogen) atoms. The van der Waals surface area contributed by atoms with Crippen molar-refractivity contribution in [2.45, 2.75) is 17.5 Å². The molecule has 0 aromatic heterocycles. The van der Waals surface area contributed by atoms with Crippen LogP contribution in [0.15, 0.2) is 53.4 Å². The fourth-order valence-electron chi connectivity index (χ4n) is 2.27. The van der Waals surface area contributed by atoms with Crippen LogP contribution in [0.5, 0.6) is 5.75 Å². The van der Waals surface area contributed by atoms with Gasteiger partial charge in [0.15, 0.2) is 6.10 Å². The molecule has 1 aliphatic heterocycles. The molecule has 0 aliphatic carbocycles. The largest absolute Gasteiger partial charge is 0.479 e. The van der Waals surface area contributed by atoms with Crippen molar-refractivity contribution in [3.8, 4) is 5.75 Å². The van der Waals surface area contributed by atoms with Crippen LogP contribution in [0, 0.1) is 0 Å². The molecule has 3 rings (SSSR count). The average Bonchev–Trinajstić information content (AvgIpc) is 2.59. The van der Waals surface area contributed by atoms with Gasteiger partial charge < -0.3 is 15.2 Å². The zero-order valence-electron chi connectivity index (χ0n) is 12.2. The van der Waals surface area contributed by atoms with Gasteiger partial charge in [0.2, 0.25) is 0 Å². The predicted octanol–water partition coefficient (Wildman–Crippen LogP) is 2.55. The normalized spacial score (nSPS) is 16.1. The third kappa shape index (κ3) is 3.65. The van der Waals surface area contributed by atoms with E-state index in [0.717, 1.165) is 16.2 Å². The molecule has 0 bridgehead atoms. The van der Waals surface area contributed by atoms with Crippen LogP contribution >= 0.6 is 11.8 Å². The number of fused-ring (bicyclic) bond motifs is 1. The fourth-order valence-corrected chi connectivity index (χ4v) is 3.25. The Kier molecular flexibility index (Phi) is 4.52. The van der Waals surface area contributed by atoms with Gasteiger partial charge in [-0.25, -0.2) is 4.79 Å². The fraction of sp³-hybridized carbons (Fsp3) is 0.176. The van der Waals surface area contributed by atoms with Gasteiger partial charge in [-0.15, -0.1) is 11.8 Å². The number of carboxylic acids is 1. The highest BCUT2D eigenvalue weighted by molar-refractivity contribution is 7.99. The lowest BCUT2D eigenvalue weighted by atomic mass is 10.1. The molecule has 5 nitrogen and oxygen atoms in total. The van der Waals surface area contributed by atoms with Crippen molar-refractivity contribution < 1.29 is 19.4 Å². The number of para-hydroxylation sites is 1. The third-order valence-electron chi connectivity index (χ3n) is 3.44. The molecule has 1 amide bonds. The van der Waals surface area contributed by atoms with Gasteiger partial charge in [0, 0.05) is 17.2 Å². The molecule has 2 N–H and O–H groups in total. The summed E-state index contributed by atoms with van der Waals surface area (Å²) in [5, 5.41) is 11.8. The number of thioether (sulfide) groups is 1. The number of carbonyl (C=O) groups is 2. The summed E-state index contributed by atoms with van der Waals surface area (Å²) in [5.41, 5.74) is 0.942. The van der Waals surface area contributed by atoms with Gasteiger partial charge in [-0.2, -0.15) is 0 Å².